The maximum Gasteiger partial charge on any atom is 0.261 e. The number of rotatable bonds is 7. The van der Waals surface area contributed by atoms with Gasteiger partial charge in [0.15, 0.2) is 11.5 Å². The monoisotopic (exact) mass is 339 g/mol. The van der Waals surface area contributed by atoms with E-state index >= 15 is 0 Å². The Morgan fingerprint density at radius 2 is 1.68 bits per heavy atom. The average molecular weight is 339 g/mol. The normalized spacial score (nSPS) is 12.9. The first-order valence-corrected chi connectivity index (χ1v) is 7.87. The Morgan fingerprint density at radius 1 is 1.00 bits per heavy atom. The second-order valence-electron chi connectivity index (χ2n) is 5.54. The van der Waals surface area contributed by atoms with Crippen molar-refractivity contribution in [2.24, 2.45) is 0 Å². The summed E-state index contributed by atoms with van der Waals surface area (Å²) in [5.74, 6) is 0.419. The van der Waals surface area contributed by atoms with Crippen molar-refractivity contribution in [1.82, 2.24) is 4.90 Å². The third kappa shape index (κ3) is 3.24. The molecule has 0 radical (unpaired) electrons. The van der Waals surface area contributed by atoms with Gasteiger partial charge in [0.05, 0.1) is 24.8 Å². The van der Waals surface area contributed by atoms with Crippen LogP contribution in [0.3, 0.4) is 0 Å². The number of ether oxygens (including phenoxy) is 2. The third-order valence-electron chi connectivity index (χ3n) is 3.99. The molecule has 0 spiro atoms. The molecule has 2 aromatic rings. The van der Waals surface area contributed by atoms with Crippen LogP contribution in [0.2, 0.25) is 0 Å². The molecular formula is C19H17NO5. The molecule has 1 aliphatic rings. The lowest BCUT2D eigenvalue weighted by molar-refractivity contribution is 0.0646. The van der Waals surface area contributed by atoms with Crippen molar-refractivity contribution < 1.29 is 23.9 Å². The van der Waals surface area contributed by atoms with Crippen LogP contribution in [0.4, 0.5) is 0 Å². The number of benzene rings is 2. The molecule has 128 valence electrons. The van der Waals surface area contributed by atoms with E-state index in [9.17, 15) is 14.4 Å². The van der Waals surface area contributed by atoms with Crippen molar-refractivity contribution in [1.29, 1.82) is 0 Å². The number of nitrogens with zero attached hydrogens (tertiary/aromatic N) is 1. The average Bonchev–Trinajstić information content (AvgIpc) is 2.90. The summed E-state index contributed by atoms with van der Waals surface area (Å²) < 4.78 is 10.8. The number of carbonyl (C=O) groups is 3. The first-order chi connectivity index (χ1) is 12.2. The minimum Gasteiger partial charge on any atom is -0.493 e. The summed E-state index contributed by atoms with van der Waals surface area (Å²) in [6.07, 6.45) is 1.20. The number of carbonyl (C=O) groups excluding carboxylic acids is 3. The second kappa shape index (κ2) is 7.17. The smallest absolute Gasteiger partial charge is 0.261 e. The Kier molecular flexibility index (Phi) is 4.79. The first-order valence-electron chi connectivity index (χ1n) is 7.87. The Hall–Kier alpha value is -3.15. The molecule has 0 saturated heterocycles. The van der Waals surface area contributed by atoms with Gasteiger partial charge >= 0.3 is 0 Å². The molecule has 2 amide bonds. The quantitative estimate of drug-likeness (QED) is 0.440. The highest BCUT2D eigenvalue weighted by molar-refractivity contribution is 6.21. The number of hydrogen-bond donors (Lipinski definition) is 0. The van der Waals surface area contributed by atoms with Gasteiger partial charge in [0.2, 0.25) is 0 Å². The number of imide groups is 1. The molecule has 0 atom stereocenters. The summed E-state index contributed by atoms with van der Waals surface area (Å²) >= 11 is 0. The second-order valence-corrected chi connectivity index (χ2v) is 5.54. The van der Waals surface area contributed by atoms with Crippen LogP contribution in [0.25, 0.3) is 0 Å². The number of methoxy groups -OCH3 is 1. The molecule has 6 heteroatoms. The molecule has 2 aromatic carbocycles. The lowest BCUT2D eigenvalue weighted by Gasteiger charge is -2.15. The Morgan fingerprint density at radius 3 is 2.28 bits per heavy atom. The van der Waals surface area contributed by atoms with E-state index in [-0.39, 0.29) is 25.0 Å². The lowest BCUT2D eigenvalue weighted by Crippen LogP contribution is -2.31. The SMILES string of the molecule is COc1ccc(C=O)cc1OCCCN1C(=O)c2ccccc2C1=O. The van der Waals surface area contributed by atoms with Crippen molar-refractivity contribution in [3.63, 3.8) is 0 Å². The highest BCUT2D eigenvalue weighted by Gasteiger charge is 2.34. The molecule has 0 saturated carbocycles. The van der Waals surface area contributed by atoms with Crippen LogP contribution in [-0.2, 0) is 0 Å². The van der Waals surface area contributed by atoms with Gasteiger partial charge in [-0.2, -0.15) is 0 Å². The highest BCUT2D eigenvalue weighted by atomic mass is 16.5. The van der Waals surface area contributed by atoms with Gasteiger partial charge in [-0.15, -0.1) is 0 Å². The zero-order chi connectivity index (χ0) is 17.8. The van der Waals surface area contributed by atoms with E-state index in [1.165, 1.54) is 12.0 Å². The van der Waals surface area contributed by atoms with Gasteiger partial charge < -0.3 is 9.47 Å². The molecule has 0 bridgehead atoms. The van der Waals surface area contributed by atoms with E-state index < -0.39 is 0 Å². The molecule has 6 nitrogen and oxygen atoms in total. The van der Waals surface area contributed by atoms with Crippen LogP contribution >= 0.6 is 0 Å². The van der Waals surface area contributed by atoms with Crippen molar-refractivity contribution in [2.45, 2.75) is 6.42 Å². The number of hydrogen-bond acceptors (Lipinski definition) is 5. The number of aldehydes is 1. The Labute approximate surface area is 145 Å². The van der Waals surface area contributed by atoms with Crippen LogP contribution in [0, 0.1) is 0 Å². The first kappa shape index (κ1) is 16.7. The van der Waals surface area contributed by atoms with Crippen molar-refractivity contribution >= 4 is 18.1 Å². The van der Waals surface area contributed by atoms with Gasteiger partial charge in [0.25, 0.3) is 11.8 Å². The summed E-state index contributed by atoms with van der Waals surface area (Å²) in [7, 11) is 1.52. The predicted octanol–water partition coefficient (Wildman–Crippen LogP) is 2.57. The van der Waals surface area contributed by atoms with Crippen LogP contribution in [0.5, 0.6) is 11.5 Å². The molecule has 1 aliphatic heterocycles. The summed E-state index contributed by atoms with van der Waals surface area (Å²) in [4.78, 5) is 36.6. The molecule has 0 N–H and O–H groups in total. The fraction of sp³-hybridized carbons (Fsp3) is 0.211. The van der Waals surface area contributed by atoms with E-state index in [1.807, 2.05) is 0 Å². The minimum atomic E-state index is -0.277. The van der Waals surface area contributed by atoms with Gasteiger partial charge in [-0.3, -0.25) is 19.3 Å². The highest BCUT2D eigenvalue weighted by Crippen LogP contribution is 2.28. The molecule has 0 aliphatic carbocycles. The van der Waals surface area contributed by atoms with Gasteiger partial charge in [-0.25, -0.2) is 0 Å². The van der Waals surface area contributed by atoms with Crippen molar-refractivity contribution in [3.05, 3.63) is 59.2 Å². The maximum atomic E-state index is 12.3. The summed E-state index contributed by atoms with van der Waals surface area (Å²) in [6, 6.07) is 11.7. The predicted molar refractivity (Wildman–Crippen MR) is 90.3 cm³/mol. The van der Waals surface area contributed by atoms with Crippen LogP contribution in [-0.4, -0.2) is 43.3 Å². The van der Waals surface area contributed by atoms with Gasteiger partial charge in [0.1, 0.15) is 6.29 Å². The number of amides is 2. The molecule has 0 fully saturated rings. The molecule has 1 heterocycles. The van der Waals surface area contributed by atoms with Crippen LogP contribution in [0.15, 0.2) is 42.5 Å². The van der Waals surface area contributed by atoms with E-state index in [0.717, 1.165) is 6.29 Å². The maximum absolute atomic E-state index is 12.3. The zero-order valence-electron chi connectivity index (χ0n) is 13.7. The molecule has 0 aromatic heterocycles. The molecule has 0 unspecified atom stereocenters. The van der Waals surface area contributed by atoms with Crippen molar-refractivity contribution in [3.8, 4) is 11.5 Å². The molecule has 3 rings (SSSR count). The fourth-order valence-electron chi connectivity index (χ4n) is 2.73. The Bertz CT molecular complexity index is 795. The summed E-state index contributed by atoms with van der Waals surface area (Å²) in [5.41, 5.74) is 1.36. The third-order valence-corrected chi connectivity index (χ3v) is 3.99. The van der Waals surface area contributed by atoms with Gasteiger partial charge in [0, 0.05) is 12.1 Å². The lowest BCUT2D eigenvalue weighted by atomic mass is 10.1. The summed E-state index contributed by atoms with van der Waals surface area (Å²) in [5, 5.41) is 0. The summed E-state index contributed by atoms with van der Waals surface area (Å²) in [6.45, 7) is 0.550. The van der Waals surface area contributed by atoms with Gasteiger partial charge in [-0.05, 0) is 36.8 Å². The standard InChI is InChI=1S/C19H17NO5/c1-24-16-8-7-13(12-21)11-17(16)25-10-4-9-20-18(22)14-5-2-3-6-15(14)19(20)23/h2-3,5-8,11-12H,4,9-10H2,1H3. The van der Waals surface area contributed by atoms with E-state index in [4.69, 9.17) is 9.47 Å². The minimum absolute atomic E-state index is 0.266. The fourth-order valence-corrected chi connectivity index (χ4v) is 2.73. The van der Waals surface area contributed by atoms with Crippen molar-refractivity contribution in [2.75, 3.05) is 20.3 Å². The largest absolute Gasteiger partial charge is 0.493 e. The molecule has 25 heavy (non-hydrogen) atoms. The number of fused-ring (bicyclic) bond motifs is 1. The topological polar surface area (TPSA) is 72.9 Å². The molecular weight excluding hydrogens is 322 g/mol. The Balaban J connectivity index is 1.59. The zero-order valence-corrected chi connectivity index (χ0v) is 13.7. The van der Waals surface area contributed by atoms with E-state index in [0.29, 0.717) is 34.6 Å². The van der Waals surface area contributed by atoms with Crippen LogP contribution in [0.1, 0.15) is 37.5 Å². The van der Waals surface area contributed by atoms with Gasteiger partial charge in [-0.1, -0.05) is 12.1 Å². The van der Waals surface area contributed by atoms with E-state index in [2.05, 4.69) is 0 Å². The van der Waals surface area contributed by atoms with E-state index in [1.54, 1.807) is 42.5 Å². The van der Waals surface area contributed by atoms with Crippen LogP contribution < -0.4 is 9.47 Å².